The quantitative estimate of drug-likeness (QED) is 0.852. The highest BCUT2D eigenvalue weighted by Crippen LogP contribution is 2.27. The molecule has 2 nitrogen and oxygen atoms in total. The third-order valence-electron chi connectivity index (χ3n) is 3.26. The molecule has 0 aromatic heterocycles. The molecule has 102 valence electrons. The summed E-state index contributed by atoms with van der Waals surface area (Å²) in [5, 5.41) is 0.818. The van der Waals surface area contributed by atoms with E-state index in [1.807, 2.05) is 13.0 Å². The SMILES string of the molecule is CCC(C)CN(C)c1ccc(CC(C)N)cc1Cl. The van der Waals surface area contributed by atoms with Gasteiger partial charge in [-0.3, -0.25) is 0 Å². The first-order valence-corrected chi connectivity index (χ1v) is 7.07. The maximum atomic E-state index is 6.35. The molecule has 0 spiro atoms. The zero-order chi connectivity index (χ0) is 13.7. The summed E-state index contributed by atoms with van der Waals surface area (Å²) in [5.74, 6) is 0.676. The van der Waals surface area contributed by atoms with Crippen LogP contribution in [0.2, 0.25) is 5.02 Å². The molecule has 0 amide bonds. The van der Waals surface area contributed by atoms with Crippen molar-refractivity contribution in [1.82, 2.24) is 0 Å². The van der Waals surface area contributed by atoms with Crippen LogP contribution in [0.1, 0.15) is 32.8 Å². The first kappa shape index (κ1) is 15.3. The number of benzene rings is 1. The van der Waals surface area contributed by atoms with Crippen LogP contribution in [0.5, 0.6) is 0 Å². The van der Waals surface area contributed by atoms with Crippen molar-refractivity contribution in [2.45, 2.75) is 39.7 Å². The standard InChI is InChI=1S/C15H25ClN2/c1-5-11(2)10-18(4)15-7-6-13(8-12(3)17)9-14(15)16/h6-7,9,11-12H,5,8,10,17H2,1-4H3. The maximum Gasteiger partial charge on any atom is 0.0642 e. The molecule has 0 bridgehead atoms. The highest BCUT2D eigenvalue weighted by Gasteiger charge is 2.10. The molecule has 2 unspecified atom stereocenters. The number of nitrogens with zero attached hydrogens (tertiary/aromatic N) is 1. The number of anilines is 1. The molecule has 3 heteroatoms. The minimum atomic E-state index is 0.171. The molecule has 0 saturated carbocycles. The number of hydrogen-bond donors (Lipinski definition) is 1. The van der Waals surface area contributed by atoms with Gasteiger partial charge in [-0.15, -0.1) is 0 Å². The largest absolute Gasteiger partial charge is 0.373 e. The fourth-order valence-electron chi connectivity index (χ4n) is 2.05. The van der Waals surface area contributed by atoms with Crippen molar-refractivity contribution in [2.75, 3.05) is 18.5 Å². The van der Waals surface area contributed by atoms with Crippen molar-refractivity contribution in [3.63, 3.8) is 0 Å². The minimum absolute atomic E-state index is 0.171. The number of nitrogens with two attached hydrogens (primary N) is 1. The third kappa shape index (κ3) is 4.51. The minimum Gasteiger partial charge on any atom is -0.373 e. The zero-order valence-electron chi connectivity index (χ0n) is 11.9. The first-order chi connectivity index (χ1) is 8.43. The molecule has 18 heavy (non-hydrogen) atoms. The topological polar surface area (TPSA) is 29.3 Å². The molecule has 1 aromatic rings. The zero-order valence-corrected chi connectivity index (χ0v) is 12.7. The van der Waals surface area contributed by atoms with Gasteiger partial charge in [0.2, 0.25) is 0 Å². The number of halogens is 1. The Bertz CT molecular complexity index is 377. The molecule has 2 atom stereocenters. The lowest BCUT2D eigenvalue weighted by Crippen LogP contribution is -2.24. The molecule has 1 aromatic carbocycles. The lowest BCUT2D eigenvalue weighted by Gasteiger charge is -2.24. The summed E-state index contributed by atoms with van der Waals surface area (Å²) >= 11 is 6.35. The molecular formula is C15H25ClN2. The van der Waals surface area contributed by atoms with Crippen molar-refractivity contribution >= 4 is 17.3 Å². The van der Waals surface area contributed by atoms with Crippen molar-refractivity contribution in [3.8, 4) is 0 Å². The fourth-order valence-corrected chi connectivity index (χ4v) is 2.40. The third-order valence-corrected chi connectivity index (χ3v) is 3.57. The Morgan fingerprint density at radius 3 is 2.50 bits per heavy atom. The summed E-state index contributed by atoms with van der Waals surface area (Å²) in [7, 11) is 2.10. The number of hydrogen-bond acceptors (Lipinski definition) is 2. The van der Waals surface area contributed by atoms with E-state index < -0.39 is 0 Å². The van der Waals surface area contributed by atoms with E-state index in [9.17, 15) is 0 Å². The van der Waals surface area contributed by atoms with Crippen molar-refractivity contribution in [3.05, 3.63) is 28.8 Å². The van der Waals surface area contributed by atoms with E-state index in [-0.39, 0.29) is 6.04 Å². The highest BCUT2D eigenvalue weighted by molar-refractivity contribution is 6.33. The summed E-state index contributed by atoms with van der Waals surface area (Å²) in [6.45, 7) is 7.51. The highest BCUT2D eigenvalue weighted by atomic mass is 35.5. The Balaban J connectivity index is 2.78. The van der Waals surface area contributed by atoms with Crippen molar-refractivity contribution in [1.29, 1.82) is 0 Å². The Morgan fingerprint density at radius 2 is 2.00 bits per heavy atom. The van der Waals surface area contributed by atoms with Crippen LogP contribution in [0.25, 0.3) is 0 Å². The van der Waals surface area contributed by atoms with Gasteiger partial charge < -0.3 is 10.6 Å². The molecule has 0 aliphatic carbocycles. The average Bonchev–Trinajstić information content (AvgIpc) is 2.27. The van der Waals surface area contributed by atoms with Crippen molar-refractivity contribution in [2.24, 2.45) is 11.7 Å². The Hall–Kier alpha value is -0.730. The average molecular weight is 269 g/mol. The van der Waals surface area contributed by atoms with Gasteiger partial charge in [-0.05, 0) is 37.0 Å². The lowest BCUT2D eigenvalue weighted by atomic mass is 10.1. The van der Waals surface area contributed by atoms with E-state index in [1.165, 1.54) is 12.0 Å². The van der Waals surface area contributed by atoms with E-state index in [4.69, 9.17) is 17.3 Å². The van der Waals surface area contributed by atoms with Crippen LogP contribution in [0, 0.1) is 5.92 Å². The maximum absolute atomic E-state index is 6.35. The van der Waals surface area contributed by atoms with Gasteiger partial charge in [0.15, 0.2) is 0 Å². The van der Waals surface area contributed by atoms with Gasteiger partial charge in [-0.2, -0.15) is 0 Å². The molecule has 0 fully saturated rings. The smallest absolute Gasteiger partial charge is 0.0642 e. The molecule has 0 saturated heterocycles. The van der Waals surface area contributed by atoms with Gasteiger partial charge in [-0.1, -0.05) is 37.9 Å². The van der Waals surface area contributed by atoms with E-state index in [0.717, 1.165) is 23.7 Å². The predicted octanol–water partition coefficient (Wildman–Crippen LogP) is 3.71. The molecule has 1 rings (SSSR count). The Kier molecular flexibility index (Phi) is 5.97. The van der Waals surface area contributed by atoms with Gasteiger partial charge >= 0.3 is 0 Å². The molecule has 2 N–H and O–H groups in total. The Morgan fingerprint density at radius 1 is 1.33 bits per heavy atom. The van der Waals surface area contributed by atoms with Crippen LogP contribution in [0.4, 0.5) is 5.69 Å². The van der Waals surface area contributed by atoms with E-state index in [0.29, 0.717) is 5.92 Å². The fraction of sp³-hybridized carbons (Fsp3) is 0.600. The van der Waals surface area contributed by atoms with Gasteiger partial charge in [0.1, 0.15) is 0 Å². The first-order valence-electron chi connectivity index (χ1n) is 6.69. The molecule has 0 heterocycles. The second-order valence-corrected chi connectivity index (χ2v) is 5.77. The van der Waals surface area contributed by atoms with Gasteiger partial charge in [0, 0.05) is 19.6 Å². The van der Waals surface area contributed by atoms with Crippen molar-refractivity contribution < 1.29 is 0 Å². The second-order valence-electron chi connectivity index (χ2n) is 5.36. The predicted molar refractivity (Wildman–Crippen MR) is 81.5 cm³/mol. The van der Waals surface area contributed by atoms with Gasteiger partial charge in [0.25, 0.3) is 0 Å². The van der Waals surface area contributed by atoms with Gasteiger partial charge in [-0.25, -0.2) is 0 Å². The molecule has 0 radical (unpaired) electrons. The summed E-state index contributed by atoms with van der Waals surface area (Å²) in [5.41, 5.74) is 8.11. The molecule has 0 aliphatic rings. The summed E-state index contributed by atoms with van der Waals surface area (Å²) in [6, 6.07) is 6.43. The molecule has 0 aliphatic heterocycles. The van der Waals surface area contributed by atoms with E-state index in [2.05, 4.69) is 37.9 Å². The van der Waals surface area contributed by atoms with E-state index >= 15 is 0 Å². The van der Waals surface area contributed by atoms with Crippen LogP contribution < -0.4 is 10.6 Å². The van der Waals surface area contributed by atoms with Crippen LogP contribution in [-0.4, -0.2) is 19.6 Å². The van der Waals surface area contributed by atoms with E-state index in [1.54, 1.807) is 0 Å². The molecular weight excluding hydrogens is 244 g/mol. The van der Waals surface area contributed by atoms with Crippen LogP contribution in [0.15, 0.2) is 18.2 Å². The van der Waals surface area contributed by atoms with Gasteiger partial charge in [0.05, 0.1) is 10.7 Å². The van der Waals surface area contributed by atoms with Crippen LogP contribution >= 0.6 is 11.6 Å². The second kappa shape index (κ2) is 7.01. The monoisotopic (exact) mass is 268 g/mol. The Labute approximate surface area is 116 Å². The summed E-state index contributed by atoms with van der Waals surface area (Å²) in [4.78, 5) is 2.23. The lowest BCUT2D eigenvalue weighted by molar-refractivity contribution is 0.560. The summed E-state index contributed by atoms with van der Waals surface area (Å²) < 4.78 is 0. The summed E-state index contributed by atoms with van der Waals surface area (Å²) in [6.07, 6.45) is 2.06. The normalized spacial score (nSPS) is 14.3. The van der Waals surface area contributed by atoms with Crippen LogP contribution in [-0.2, 0) is 6.42 Å². The van der Waals surface area contributed by atoms with Crippen LogP contribution in [0.3, 0.4) is 0 Å². The number of rotatable bonds is 6.